The van der Waals surface area contributed by atoms with E-state index in [9.17, 15) is 9.90 Å². The molecule has 5 nitrogen and oxygen atoms in total. The molecule has 2 aliphatic rings. The molecule has 2 N–H and O–H groups in total. The summed E-state index contributed by atoms with van der Waals surface area (Å²) in [6, 6.07) is 0.825. The standard InChI is InChI=1S/C14H27N3O2/c1-3-6-15-14(2,13(18)19)11-16-7-9-17(10-8-16)12-4-5-12/h12,15H,3-11H2,1-2H3,(H,18,19). The number of piperazine rings is 1. The van der Waals surface area contributed by atoms with Crippen LogP contribution in [0.1, 0.15) is 33.1 Å². The Hall–Kier alpha value is -0.650. The molecule has 5 heteroatoms. The van der Waals surface area contributed by atoms with Crippen LogP contribution >= 0.6 is 0 Å². The molecule has 19 heavy (non-hydrogen) atoms. The fourth-order valence-corrected chi connectivity index (χ4v) is 2.77. The molecule has 1 heterocycles. The molecule has 0 amide bonds. The van der Waals surface area contributed by atoms with Crippen molar-refractivity contribution in [3.8, 4) is 0 Å². The van der Waals surface area contributed by atoms with E-state index in [0.29, 0.717) is 6.54 Å². The Labute approximate surface area is 115 Å². The molecule has 0 spiro atoms. The van der Waals surface area contributed by atoms with Gasteiger partial charge in [0.1, 0.15) is 5.54 Å². The first-order chi connectivity index (χ1) is 9.05. The maximum atomic E-state index is 11.5. The zero-order valence-electron chi connectivity index (χ0n) is 12.2. The molecular weight excluding hydrogens is 242 g/mol. The first kappa shape index (κ1) is 14.8. The second-order valence-corrected chi connectivity index (χ2v) is 6.11. The van der Waals surface area contributed by atoms with Gasteiger partial charge in [0.25, 0.3) is 0 Å². The summed E-state index contributed by atoms with van der Waals surface area (Å²) in [7, 11) is 0. The van der Waals surface area contributed by atoms with E-state index >= 15 is 0 Å². The van der Waals surface area contributed by atoms with E-state index in [1.807, 2.05) is 0 Å². The average Bonchev–Trinajstić information content (AvgIpc) is 3.21. The minimum atomic E-state index is -0.822. The summed E-state index contributed by atoms with van der Waals surface area (Å²) in [6.45, 7) is 9.39. The van der Waals surface area contributed by atoms with E-state index in [0.717, 1.165) is 45.2 Å². The number of nitrogens with one attached hydrogen (secondary N) is 1. The van der Waals surface area contributed by atoms with Crippen LogP contribution in [0.15, 0.2) is 0 Å². The van der Waals surface area contributed by atoms with Crippen molar-refractivity contribution in [2.75, 3.05) is 39.3 Å². The molecule has 1 unspecified atom stereocenters. The lowest BCUT2D eigenvalue weighted by Crippen LogP contribution is -2.60. The van der Waals surface area contributed by atoms with Crippen molar-refractivity contribution in [1.29, 1.82) is 0 Å². The van der Waals surface area contributed by atoms with Crippen molar-refractivity contribution >= 4 is 5.97 Å². The molecule has 0 radical (unpaired) electrons. The van der Waals surface area contributed by atoms with Gasteiger partial charge in [-0.2, -0.15) is 0 Å². The Kier molecular flexibility index (Phi) is 4.81. The monoisotopic (exact) mass is 269 g/mol. The number of nitrogens with zero attached hydrogens (tertiary/aromatic N) is 2. The number of carboxylic acid groups (broad SMARTS) is 1. The Balaban J connectivity index is 1.82. The van der Waals surface area contributed by atoms with E-state index in [-0.39, 0.29) is 0 Å². The SMILES string of the molecule is CCCNC(C)(CN1CCN(C2CC2)CC1)C(=O)O. The number of carboxylic acids is 1. The Morgan fingerprint density at radius 1 is 1.32 bits per heavy atom. The van der Waals surface area contributed by atoms with Crippen LogP contribution in [0.25, 0.3) is 0 Å². The maximum absolute atomic E-state index is 11.5. The topological polar surface area (TPSA) is 55.8 Å². The molecule has 2 fully saturated rings. The lowest BCUT2D eigenvalue weighted by molar-refractivity contribution is -0.145. The molecule has 2 rings (SSSR count). The van der Waals surface area contributed by atoms with E-state index in [1.54, 1.807) is 6.92 Å². The molecule has 0 aromatic rings. The van der Waals surface area contributed by atoms with Crippen molar-refractivity contribution in [3.05, 3.63) is 0 Å². The molecule has 1 atom stereocenters. The van der Waals surface area contributed by atoms with Gasteiger partial charge in [-0.05, 0) is 32.7 Å². The predicted molar refractivity (Wildman–Crippen MR) is 75.4 cm³/mol. The molecule has 110 valence electrons. The molecule has 0 aromatic carbocycles. The number of aliphatic carboxylic acids is 1. The largest absolute Gasteiger partial charge is 0.480 e. The van der Waals surface area contributed by atoms with Crippen LogP contribution in [0.3, 0.4) is 0 Å². The highest BCUT2D eigenvalue weighted by atomic mass is 16.4. The van der Waals surface area contributed by atoms with Crippen molar-refractivity contribution in [2.45, 2.75) is 44.7 Å². The van der Waals surface area contributed by atoms with Crippen LogP contribution in [-0.4, -0.2) is 71.7 Å². The lowest BCUT2D eigenvalue weighted by atomic mass is 10.0. The highest BCUT2D eigenvalue weighted by Gasteiger charge is 2.37. The maximum Gasteiger partial charge on any atom is 0.324 e. The third kappa shape index (κ3) is 3.91. The van der Waals surface area contributed by atoms with Crippen LogP contribution in [-0.2, 0) is 4.79 Å². The summed E-state index contributed by atoms with van der Waals surface area (Å²) >= 11 is 0. The minimum Gasteiger partial charge on any atom is -0.480 e. The lowest BCUT2D eigenvalue weighted by Gasteiger charge is -2.39. The number of hydrogen-bond acceptors (Lipinski definition) is 4. The second kappa shape index (κ2) is 6.20. The summed E-state index contributed by atoms with van der Waals surface area (Å²) in [6.07, 6.45) is 3.66. The second-order valence-electron chi connectivity index (χ2n) is 6.11. The normalized spacial score (nSPS) is 25.2. The van der Waals surface area contributed by atoms with Crippen LogP contribution < -0.4 is 5.32 Å². The summed E-state index contributed by atoms with van der Waals surface area (Å²) in [5, 5.41) is 12.6. The smallest absolute Gasteiger partial charge is 0.324 e. The molecule has 1 saturated heterocycles. The van der Waals surface area contributed by atoms with Gasteiger partial charge < -0.3 is 10.4 Å². The Bertz CT molecular complexity index is 312. The van der Waals surface area contributed by atoms with Gasteiger partial charge >= 0.3 is 5.97 Å². The average molecular weight is 269 g/mol. The third-order valence-corrected chi connectivity index (χ3v) is 4.25. The quantitative estimate of drug-likeness (QED) is 0.709. The Morgan fingerprint density at radius 2 is 1.95 bits per heavy atom. The highest BCUT2D eigenvalue weighted by Crippen LogP contribution is 2.27. The zero-order chi connectivity index (χ0) is 13.9. The molecule has 1 saturated carbocycles. The number of hydrogen-bond donors (Lipinski definition) is 2. The van der Waals surface area contributed by atoms with E-state index < -0.39 is 11.5 Å². The van der Waals surface area contributed by atoms with Crippen molar-refractivity contribution < 1.29 is 9.90 Å². The van der Waals surface area contributed by atoms with Gasteiger partial charge in [0.15, 0.2) is 0 Å². The summed E-state index contributed by atoms with van der Waals surface area (Å²) in [5.41, 5.74) is -0.822. The van der Waals surface area contributed by atoms with Crippen LogP contribution in [0.2, 0.25) is 0 Å². The van der Waals surface area contributed by atoms with Crippen molar-refractivity contribution in [1.82, 2.24) is 15.1 Å². The van der Waals surface area contributed by atoms with Gasteiger partial charge in [0.2, 0.25) is 0 Å². The fourth-order valence-electron chi connectivity index (χ4n) is 2.77. The van der Waals surface area contributed by atoms with Crippen molar-refractivity contribution in [3.63, 3.8) is 0 Å². The molecule has 0 aromatic heterocycles. The molecule has 1 aliphatic heterocycles. The van der Waals surface area contributed by atoms with Gasteiger partial charge in [-0.3, -0.25) is 14.6 Å². The van der Waals surface area contributed by atoms with Gasteiger partial charge in [-0.15, -0.1) is 0 Å². The predicted octanol–water partition coefficient (Wildman–Crippen LogP) is 0.609. The summed E-state index contributed by atoms with van der Waals surface area (Å²) in [5.74, 6) is -0.745. The van der Waals surface area contributed by atoms with Gasteiger partial charge in [0, 0.05) is 38.8 Å². The van der Waals surface area contributed by atoms with Gasteiger partial charge in [-0.1, -0.05) is 6.92 Å². The molecular formula is C14H27N3O2. The molecule has 0 bridgehead atoms. The molecule has 1 aliphatic carbocycles. The third-order valence-electron chi connectivity index (χ3n) is 4.25. The zero-order valence-corrected chi connectivity index (χ0v) is 12.2. The first-order valence-corrected chi connectivity index (χ1v) is 7.50. The van der Waals surface area contributed by atoms with Crippen molar-refractivity contribution in [2.24, 2.45) is 0 Å². The van der Waals surface area contributed by atoms with Crippen LogP contribution in [0.5, 0.6) is 0 Å². The highest BCUT2D eigenvalue weighted by molar-refractivity contribution is 5.78. The summed E-state index contributed by atoms with van der Waals surface area (Å²) in [4.78, 5) is 16.3. The fraction of sp³-hybridized carbons (Fsp3) is 0.929. The summed E-state index contributed by atoms with van der Waals surface area (Å²) < 4.78 is 0. The van der Waals surface area contributed by atoms with E-state index in [1.165, 1.54) is 12.8 Å². The van der Waals surface area contributed by atoms with Crippen LogP contribution in [0.4, 0.5) is 0 Å². The minimum absolute atomic E-state index is 0.598. The van der Waals surface area contributed by atoms with E-state index in [4.69, 9.17) is 0 Å². The van der Waals surface area contributed by atoms with Crippen LogP contribution in [0, 0.1) is 0 Å². The Morgan fingerprint density at radius 3 is 2.42 bits per heavy atom. The van der Waals surface area contributed by atoms with E-state index in [2.05, 4.69) is 22.0 Å². The number of rotatable bonds is 7. The van der Waals surface area contributed by atoms with Gasteiger partial charge in [-0.25, -0.2) is 0 Å². The van der Waals surface area contributed by atoms with Gasteiger partial charge in [0.05, 0.1) is 0 Å². The first-order valence-electron chi connectivity index (χ1n) is 7.50. The number of carbonyl (C=O) groups is 1.